The third kappa shape index (κ3) is 3.02. The number of rotatable bonds is 3. The maximum absolute atomic E-state index is 4.62. The first kappa shape index (κ1) is 12.4. The molecule has 2 heterocycles. The van der Waals surface area contributed by atoms with Gasteiger partial charge in [0.15, 0.2) is 0 Å². The van der Waals surface area contributed by atoms with Crippen molar-refractivity contribution in [2.24, 2.45) is 5.92 Å². The van der Waals surface area contributed by atoms with Gasteiger partial charge in [0, 0.05) is 17.5 Å². The lowest BCUT2D eigenvalue weighted by Crippen LogP contribution is -2.31. The van der Waals surface area contributed by atoms with Crippen molar-refractivity contribution in [2.75, 3.05) is 13.1 Å². The van der Waals surface area contributed by atoms with Crippen molar-refractivity contribution < 1.29 is 0 Å². The summed E-state index contributed by atoms with van der Waals surface area (Å²) in [5.74, 6) is 0.728. The highest BCUT2D eigenvalue weighted by Gasteiger charge is 2.16. The summed E-state index contributed by atoms with van der Waals surface area (Å²) in [6.45, 7) is 2.30. The molecule has 2 aromatic rings. The largest absolute Gasteiger partial charge is 0.316 e. The first-order chi connectivity index (χ1) is 9.43. The van der Waals surface area contributed by atoms with Crippen molar-refractivity contribution >= 4 is 0 Å². The van der Waals surface area contributed by atoms with E-state index in [0.29, 0.717) is 0 Å². The van der Waals surface area contributed by atoms with Crippen LogP contribution in [-0.4, -0.2) is 18.1 Å². The fourth-order valence-electron chi connectivity index (χ4n) is 2.85. The van der Waals surface area contributed by atoms with Gasteiger partial charge in [0.1, 0.15) is 0 Å². The van der Waals surface area contributed by atoms with Crippen LogP contribution in [0.25, 0.3) is 11.1 Å². The number of hydrogen-bond donors (Lipinski definition) is 1. The molecule has 98 valence electrons. The third-order valence-corrected chi connectivity index (χ3v) is 3.86. The van der Waals surface area contributed by atoms with E-state index >= 15 is 0 Å². The summed E-state index contributed by atoms with van der Waals surface area (Å²) in [5, 5.41) is 3.49. The van der Waals surface area contributed by atoms with Crippen LogP contribution < -0.4 is 5.32 Å². The zero-order chi connectivity index (χ0) is 12.9. The molecule has 1 atom stereocenters. The second kappa shape index (κ2) is 5.98. The van der Waals surface area contributed by atoms with Crippen LogP contribution in [0.2, 0.25) is 0 Å². The zero-order valence-corrected chi connectivity index (χ0v) is 11.2. The molecule has 1 N–H and O–H groups in total. The van der Waals surface area contributed by atoms with E-state index in [9.17, 15) is 0 Å². The van der Waals surface area contributed by atoms with E-state index in [4.69, 9.17) is 0 Å². The van der Waals surface area contributed by atoms with Gasteiger partial charge in [-0.25, -0.2) is 0 Å². The van der Waals surface area contributed by atoms with Gasteiger partial charge >= 0.3 is 0 Å². The van der Waals surface area contributed by atoms with E-state index in [1.165, 1.54) is 36.2 Å². The highest BCUT2D eigenvalue weighted by Crippen LogP contribution is 2.25. The van der Waals surface area contributed by atoms with E-state index < -0.39 is 0 Å². The molecule has 1 aromatic heterocycles. The van der Waals surface area contributed by atoms with Crippen molar-refractivity contribution in [3.8, 4) is 11.1 Å². The third-order valence-electron chi connectivity index (χ3n) is 3.86. The molecule has 3 rings (SSSR count). The minimum atomic E-state index is 0.728. The Morgan fingerprint density at radius 3 is 2.79 bits per heavy atom. The molecule has 19 heavy (non-hydrogen) atoms. The molecule has 0 aliphatic carbocycles. The summed E-state index contributed by atoms with van der Waals surface area (Å²) < 4.78 is 0. The zero-order valence-electron chi connectivity index (χ0n) is 11.2. The molecule has 0 bridgehead atoms. The van der Waals surface area contributed by atoms with Crippen molar-refractivity contribution in [3.05, 3.63) is 54.4 Å². The lowest BCUT2D eigenvalue weighted by Gasteiger charge is -2.23. The number of nitrogens with zero attached hydrogens (tertiary/aromatic N) is 1. The van der Waals surface area contributed by atoms with Crippen LogP contribution in [0.4, 0.5) is 0 Å². The molecule has 0 amide bonds. The van der Waals surface area contributed by atoms with Crippen LogP contribution >= 0.6 is 0 Å². The van der Waals surface area contributed by atoms with E-state index in [1.807, 2.05) is 12.3 Å². The minimum absolute atomic E-state index is 0.728. The van der Waals surface area contributed by atoms with Crippen LogP contribution in [0.5, 0.6) is 0 Å². The summed E-state index contributed by atoms with van der Waals surface area (Å²) in [5.41, 5.74) is 3.80. The predicted molar refractivity (Wildman–Crippen MR) is 79.0 cm³/mol. The van der Waals surface area contributed by atoms with Gasteiger partial charge in [0.25, 0.3) is 0 Å². The Labute approximate surface area is 114 Å². The standard InChI is InChI=1S/C17H20N2/c1-2-7-15(8-3-1)16-9-5-11-19-17(16)12-14-6-4-10-18-13-14/h1-3,5,7-9,11,14,18H,4,6,10,12-13H2. The fraction of sp³-hybridized carbons (Fsp3) is 0.353. The predicted octanol–water partition coefficient (Wildman–Crippen LogP) is 3.29. The maximum atomic E-state index is 4.62. The average molecular weight is 252 g/mol. The average Bonchev–Trinajstić information content (AvgIpc) is 2.50. The fourth-order valence-corrected chi connectivity index (χ4v) is 2.85. The quantitative estimate of drug-likeness (QED) is 0.906. The molecule has 1 aliphatic rings. The van der Waals surface area contributed by atoms with Crippen molar-refractivity contribution in [2.45, 2.75) is 19.3 Å². The molecule has 0 saturated carbocycles. The summed E-state index contributed by atoms with van der Waals surface area (Å²) >= 11 is 0. The first-order valence-corrected chi connectivity index (χ1v) is 7.13. The molecule has 2 heteroatoms. The second-order valence-corrected chi connectivity index (χ2v) is 5.28. The van der Waals surface area contributed by atoms with Gasteiger partial charge in [-0.3, -0.25) is 4.98 Å². The molecule has 1 fully saturated rings. The van der Waals surface area contributed by atoms with Crippen LogP contribution in [0.1, 0.15) is 18.5 Å². The Morgan fingerprint density at radius 2 is 2.00 bits per heavy atom. The van der Waals surface area contributed by atoms with Gasteiger partial charge in [-0.1, -0.05) is 36.4 Å². The van der Waals surface area contributed by atoms with Gasteiger partial charge < -0.3 is 5.32 Å². The molecule has 1 unspecified atom stereocenters. The molecule has 0 spiro atoms. The van der Waals surface area contributed by atoms with Gasteiger partial charge in [-0.15, -0.1) is 0 Å². The SMILES string of the molecule is c1ccc(-c2cccnc2CC2CCCNC2)cc1. The summed E-state index contributed by atoms with van der Waals surface area (Å²) in [6.07, 6.45) is 5.60. The first-order valence-electron chi connectivity index (χ1n) is 7.13. The Morgan fingerprint density at radius 1 is 1.11 bits per heavy atom. The Kier molecular flexibility index (Phi) is 3.89. The smallest absolute Gasteiger partial charge is 0.0485 e. The van der Waals surface area contributed by atoms with E-state index in [-0.39, 0.29) is 0 Å². The molecule has 0 radical (unpaired) electrons. The second-order valence-electron chi connectivity index (χ2n) is 5.28. The van der Waals surface area contributed by atoms with Crippen molar-refractivity contribution in [1.82, 2.24) is 10.3 Å². The molecule has 1 saturated heterocycles. The maximum Gasteiger partial charge on any atom is 0.0485 e. The van der Waals surface area contributed by atoms with Gasteiger partial charge in [0.2, 0.25) is 0 Å². The normalized spacial score (nSPS) is 19.3. The van der Waals surface area contributed by atoms with Gasteiger partial charge in [-0.2, -0.15) is 0 Å². The number of benzene rings is 1. The molecule has 1 aliphatic heterocycles. The number of hydrogen-bond acceptors (Lipinski definition) is 2. The number of nitrogens with one attached hydrogen (secondary N) is 1. The van der Waals surface area contributed by atoms with E-state index in [1.54, 1.807) is 0 Å². The highest BCUT2D eigenvalue weighted by molar-refractivity contribution is 5.65. The monoisotopic (exact) mass is 252 g/mol. The Hall–Kier alpha value is -1.67. The number of aromatic nitrogens is 1. The van der Waals surface area contributed by atoms with E-state index in [0.717, 1.165) is 18.9 Å². The Bertz CT molecular complexity index is 516. The summed E-state index contributed by atoms with van der Waals surface area (Å²) in [6, 6.07) is 14.8. The lowest BCUT2D eigenvalue weighted by atomic mass is 9.91. The molecular weight excluding hydrogens is 232 g/mol. The number of piperidine rings is 1. The van der Waals surface area contributed by atoms with Gasteiger partial charge in [0.05, 0.1) is 0 Å². The van der Waals surface area contributed by atoms with Crippen LogP contribution in [0.15, 0.2) is 48.7 Å². The van der Waals surface area contributed by atoms with Crippen molar-refractivity contribution in [1.29, 1.82) is 0 Å². The molecule has 2 nitrogen and oxygen atoms in total. The van der Waals surface area contributed by atoms with Crippen LogP contribution in [0, 0.1) is 5.92 Å². The molecular formula is C17H20N2. The lowest BCUT2D eigenvalue weighted by molar-refractivity contribution is 0.374. The van der Waals surface area contributed by atoms with Crippen molar-refractivity contribution in [3.63, 3.8) is 0 Å². The van der Waals surface area contributed by atoms with Gasteiger partial charge in [-0.05, 0) is 49.9 Å². The van der Waals surface area contributed by atoms with Crippen LogP contribution in [0.3, 0.4) is 0 Å². The summed E-state index contributed by atoms with van der Waals surface area (Å²) in [4.78, 5) is 4.62. The van der Waals surface area contributed by atoms with Crippen LogP contribution in [-0.2, 0) is 6.42 Å². The highest BCUT2D eigenvalue weighted by atomic mass is 14.9. The van der Waals surface area contributed by atoms with E-state index in [2.05, 4.69) is 46.7 Å². The molecule has 1 aromatic carbocycles. The number of pyridine rings is 1. The Balaban J connectivity index is 1.85. The summed E-state index contributed by atoms with van der Waals surface area (Å²) in [7, 11) is 0. The topological polar surface area (TPSA) is 24.9 Å². The minimum Gasteiger partial charge on any atom is -0.316 e.